The summed E-state index contributed by atoms with van der Waals surface area (Å²) in [6.07, 6.45) is -6.27. The van der Waals surface area contributed by atoms with Crippen LogP contribution in [0.5, 0.6) is 0 Å². The monoisotopic (exact) mass is 561 g/mol. The van der Waals surface area contributed by atoms with Gasteiger partial charge in [-0.3, -0.25) is 19.0 Å². The van der Waals surface area contributed by atoms with E-state index in [0.29, 0.717) is 33.8 Å². The van der Waals surface area contributed by atoms with Gasteiger partial charge >= 0.3 is 6.18 Å². The highest BCUT2D eigenvalue weighted by Crippen LogP contribution is 2.44. The molecular formula is C21H17ClF5N7O2S. The number of hydrogen-bond donors (Lipinski definition) is 2. The number of thiophene rings is 1. The first-order chi connectivity index (χ1) is 17.2. The van der Waals surface area contributed by atoms with Gasteiger partial charge in [0.1, 0.15) is 20.4 Å². The predicted octanol–water partition coefficient (Wildman–Crippen LogP) is 5.18. The Hall–Kier alpha value is -3.59. The number of carbonyl (C=O) groups excluding carboxylic acids is 2. The van der Waals surface area contributed by atoms with Crippen LogP contribution in [0.2, 0.25) is 5.02 Å². The Bertz CT molecular complexity index is 1560. The third-order valence-electron chi connectivity index (χ3n) is 5.40. The molecule has 0 aromatic carbocycles. The Morgan fingerprint density at radius 2 is 1.92 bits per heavy atom. The molecule has 16 heteroatoms. The van der Waals surface area contributed by atoms with Crippen LogP contribution in [-0.4, -0.2) is 36.4 Å². The number of fused-ring (bicyclic) bond motifs is 1. The SMILES string of the molecule is CCn1cc(-c2cc(C(F)F)nc3sc(C(N)=O)c(NC(=O)c4nn(C)c(C(F)(F)F)c4Cl)c23)c(C)n1. The van der Waals surface area contributed by atoms with Gasteiger partial charge in [-0.15, -0.1) is 11.3 Å². The van der Waals surface area contributed by atoms with Crippen molar-refractivity contribution >= 4 is 50.7 Å². The number of aromatic nitrogens is 5. The quantitative estimate of drug-likeness (QED) is 0.314. The van der Waals surface area contributed by atoms with E-state index in [2.05, 4.69) is 20.5 Å². The molecule has 0 spiro atoms. The first-order valence-electron chi connectivity index (χ1n) is 10.4. The number of aryl methyl sites for hydroxylation is 3. The van der Waals surface area contributed by atoms with Gasteiger partial charge in [0.2, 0.25) is 0 Å². The summed E-state index contributed by atoms with van der Waals surface area (Å²) >= 11 is 6.48. The number of primary amides is 1. The van der Waals surface area contributed by atoms with Crippen molar-refractivity contribution in [2.24, 2.45) is 12.8 Å². The normalized spacial score (nSPS) is 12.1. The van der Waals surface area contributed by atoms with E-state index in [-0.39, 0.29) is 26.3 Å². The predicted molar refractivity (Wildman–Crippen MR) is 126 cm³/mol. The van der Waals surface area contributed by atoms with Gasteiger partial charge in [0.25, 0.3) is 18.2 Å². The van der Waals surface area contributed by atoms with Gasteiger partial charge in [-0.2, -0.15) is 23.4 Å². The third kappa shape index (κ3) is 4.64. The van der Waals surface area contributed by atoms with Crippen molar-refractivity contribution in [1.82, 2.24) is 24.5 Å². The summed E-state index contributed by atoms with van der Waals surface area (Å²) in [5, 5.41) is 9.36. The van der Waals surface area contributed by atoms with E-state index in [4.69, 9.17) is 17.3 Å². The smallest absolute Gasteiger partial charge is 0.365 e. The van der Waals surface area contributed by atoms with Gasteiger partial charge in [0.05, 0.1) is 11.4 Å². The zero-order chi connectivity index (χ0) is 27.4. The zero-order valence-corrected chi connectivity index (χ0v) is 20.8. The molecule has 0 bridgehead atoms. The Balaban J connectivity index is 1.96. The van der Waals surface area contributed by atoms with Crippen molar-refractivity contribution in [3.63, 3.8) is 0 Å². The summed E-state index contributed by atoms with van der Waals surface area (Å²) in [6.45, 7) is 3.92. The lowest BCUT2D eigenvalue weighted by Gasteiger charge is -2.10. The van der Waals surface area contributed by atoms with Crippen LogP contribution < -0.4 is 11.1 Å². The molecule has 0 atom stereocenters. The van der Waals surface area contributed by atoms with E-state index in [9.17, 15) is 31.5 Å². The second kappa shape index (κ2) is 9.37. The standard InChI is InChI=1S/C21H17ClF5N7O2S/c1-4-34-6-9(7(2)31-34)8-5-10(17(23)24)29-20-11(8)13(15(37-20)18(28)35)30-19(36)14-12(22)16(21(25,26)27)33(3)32-14/h5-6,17H,4H2,1-3H3,(H2,28,35)(H,30,36). The van der Waals surface area contributed by atoms with E-state index >= 15 is 0 Å². The van der Waals surface area contributed by atoms with Gasteiger partial charge < -0.3 is 11.1 Å². The number of hydrogen-bond acceptors (Lipinski definition) is 6. The topological polar surface area (TPSA) is 121 Å². The fourth-order valence-electron chi connectivity index (χ4n) is 3.80. The fraction of sp³-hybridized carbons (Fsp3) is 0.286. The molecule has 0 radical (unpaired) electrons. The number of nitrogens with two attached hydrogens (primary N) is 1. The van der Waals surface area contributed by atoms with E-state index < -0.39 is 46.5 Å². The molecule has 0 fully saturated rings. The van der Waals surface area contributed by atoms with Crippen molar-refractivity contribution in [3.05, 3.63) is 44.9 Å². The van der Waals surface area contributed by atoms with Crippen LogP contribution in [0.3, 0.4) is 0 Å². The molecule has 4 rings (SSSR count). The van der Waals surface area contributed by atoms with Crippen LogP contribution in [0, 0.1) is 6.92 Å². The van der Waals surface area contributed by atoms with Crippen molar-refractivity contribution < 1.29 is 31.5 Å². The molecule has 196 valence electrons. The van der Waals surface area contributed by atoms with Crippen LogP contribution in [0.4, 0.5) is 27.6 Å². The maximum absolute atomic E-state index is 13.7. The number of nitrogens with one attached hydrogen (secondary N) is 1. The summed E-state index contributed by atoms with van der Waals surface area (Å²) < 4.78 is 69.4. The van der Waals surface area contributed by atoms with E-state index in [1.807, 2.05) is 6.92 Å². The minimum atomic E-state index is -4.90. The second-order valence-corrected chi connectivity index (χ2v) is 9.19. The summed E-state index contributed by atoms with van der Waals surface area (Å²) in [7, 11) is 0.961. The number of nitrogens with zero attached hydrogens (tertiary/aromatic N) is 5. The molecule has 4 aromatic heterocycles. The molecule has 0 aliphatic rings. The number of carbonyl (C=O) groups is 2. The van der Waals surface area contributed by atoms with Crippen LogP contribution in [0.25, 0.3) is 21.3 Å². The minimum absolute atomic E-state index is 0.0522. The van der Waals surface area contributed by atoms with Crippen molar-refractivity contribution in [2.75, 3.05) is 5.32 Å². The molecule has 0 saturated heterocycles. The van der Waals surface area contributed by atoms with E-state index in [0.717, 1.165) is 13.1 Å². The second-order valence-electron chi connectivity index (χ2n) is 7.82. The molecule has 3 N–H and O–H groups in total. The molecule has 37 heavy (non-hydrogen) atoms. The molecule has 0 aliphatic heterocycles. The first kappa shape index (κ1) is 26.5. The number of halogens is 6. The van der Waals surface area contributed by atoms with Gasteiger partial charge in [-0.1, -0.05) is 11.6 Å². The highest BCUT2D eigenvalue weighted by molar-refractivity contribution is 7.21. The van der Waals surface area contributed by atoms with Crippen LogP contribution >= 0.6 is 22.9 Å². The lowest BCUT2D eigenvalue weighted by molar-refractivity contribution is -0.143. The van der Waals surface area contributed by atoms with E-state index in [1.54, 1.807) is 17.8 Å². The molecular weight excluding hydrogens is 545 g/mol. The summed E-state index contributed by atoms with van der Waals surface area (Å²) in [5.74, 6) is -2.20. The summed E-state index contributed by atoms with van der Waals surface area (Å²) in [5.41, 5.74) is 3.59. The Morgan fingerprint density at radius 1 is 1.24 bits per heavy atom. The number of pyridine rings is 1. The Labute approximate surface area is 214 Å². The maximum Gasteiger partial charge on any atom is 0.434 e. The van der Waals surface area contributed by atoms with Gasteiger partial charge in [-0.25, -0.2) is 13.8 Å². The average molecular weight is 562 g/mol. The van der Waals surface area contributed by atoms with Crippen LogP contribution in [0.1, 0.15) is 50.6 Å². The molecule has 4 aromatic rings. The van der Waals surface area contributed by atoms with E-state index in [1.165, 1.54) is 0 Å². The van der Waals surface area contributed by atoms with Crippen molar-refractivity contribution in [2.45, 2.75) is 33.0 Å². The molecule has 0 aliphatic carbocycles. The molecule has 0 saturated carbocycles. The Morgan fingerprint density at radius 3 is 2.43 bits per heavy atom. The van der Waals surface area contributed by atoms with Gasteiger partial charge in [-0.05, 0) is 25.5 Å². The number of rotatable bonds is 6. The highest BCUT2D eigenvalue weighted by Gasteiger charge is 2.40. The average Bonchev–Trinajstić information content (AvgIpc) is 3.45. The molecule has 9 nitrogen and oxygen atoms in total. The largest absolute Gasteiger partial charge is 0.434 e. The molecule has 0 unspecified atom stereocenters. The zero-order valence-electron chi connectivity index (χ0n) is 19.2. The number of anilines is 1. The number of amides is 2. The summed E-state index contributed by atoms with van der Waals surface area (Å²) in [6, 6.07) is 1.10. The third-order valence-corrected chi connectivity index (χ3v) is 6.86. The van der Waals surface area contributed by atoms with Crippen molar-refractivity contribution in [3.8, 4) is 11.1 Å². The van der Waals surface area contributed by atoms with Crippen molar-refractivity contribution in [1.29, 1.82) is 0 Å². The summed E-state index contributed by atoms with van der Waals surface area (Å²) in [4.78, 5) is 28.9. The Kier molecular flexibility index (Phi) is 6.71. The molecule has 4 heterocycles. The number of alkyl halides is 5. The van der Waals surface area contributed by atoms with Crippen LogP contribution in [-0.2, 0) is 19.8 Å². The van der Waals surface area contributed by atoms with Gasteiger partial charge in [0, 0.05) is 30.7 Å². The van der Waals surface area contributed by atoms with Crippen LogP contribution in [0.15, 0.2) is 12.3 Å². The minimum Gasteiger partial charge on any atom is -0.365 e. The molecule has 2 amide bonds. The highest BCUT2D eigenvalue weighted by atomic mass is 35.5. The lowest BCUT2D eigenvalue weighted by Crippen LogP contribution is -2.17. The first-order valence-corrected chi connectivity index (χ1v) is 11.6. The van der Waals surface area contributed by atoms with Gasteiger partial charge in [0.15, 0.2) is 11.4 Å². The maximum atomic E-state index is 13.7. The lowest BCUT2D eigenvalue weighted by atomic mass is 10.0. The fourth-order valence-corrected chi connectivity index (χ4v) is 5.17.